The summed E-state index contributed by atoms with van der Waals surface area (Å²) in [6.45, 7) is 8.41. The molecule has 0 aliphatic heterocycles. The first-order chi connectivity index (χ1) is 15.4. The molecule has 3 rings (SSSR count). The zero-order valence-corrected chi connectivity index (χ0v) is 18.8. The average molecular weight is 434 g/mol. The number of carbonyl (C=O) groups excluding carboxylic acids is 1. The molecule has 1 amide bonds. The molecular formula is C24H27N5O3. The minimum atomic E-state index is -0.188. The summed E-state index contributed by atoms with van der Waals surface area (Å²) in [5.41, 5.74) is 14.6. The standard InChI is InChI=1S/C24H27N5O3/c1-15-7-5-9-22(16(15)2)27-24(30)20-10-11-23(19(13-20)8-6-12-26-29-25)31-14-21-17(3)28-32-18(21)4/h5,7,9-11,13H,6,8,12,14H2,1-4H3,(H,27,30). The van der Waals surface area contributed by atoms with E-state index in [0.717, 1.165) is 39.4 Å². The molecule has 0 spiro atoms. The molecule has 3 aromatic rings. The predicted molar refractivity (Wildman–Crippen MR) is 123 cm³/mol. The summed E-state index contributed by atoms with van der Waals surface area (Å²) in [5, 5.41) is 10.5. The van der Waals surface area contributed by atoms with Crippen LogP contribution in [-0.4, -0.2) is 17.6 Å². The number of aromatic nitrogens is 1. The van der Waals surface area contributed by atoms with Crippen molar-refractivity contribution in [2.75, 3.05) is 11.9 Å². The number of amides is 1. The Hall–Kier alpha value is -3.77. The topological polar surface area (TPSA) is 113 Å². The molecule has 166 valence electrons. The summed E-state index contributed by atoms with van der Waals surface area (Å²) < 4.78 is 11.3. The summed E-state index contributed by atoms with van der Waals surface area (Å²) in [5.74, 6) is 1.21. The van der Waals surface area contributed by atoms with Crippen LogP contribution in [0, 0.1) is 27.7 Å². The van der Waals surface area contributed by atoms with Crippen molar-refractivity contribution in [3.05, 3.63) is 86.1 Å². The lowest BCUT2D eigenvalue weighted by Crippen LogP contribution is -2.14. The number of hydrogen-bond donors (Lipinski definition) is 1. The van der Waals surface area contributed by atoms with Gasteiger partial charge in [0.25, 0.3) is 5.91 Å². The largest absolute Gasteiger partial charge is 0.488 e. The number of aryl methyl sites for hydroxylation is 4. The van der Waals surface area contributed by atoms with Gasteiger partial charge in [0, 0.05) is 22.7 Å². The molecule has 0 saturated carbocycles. The van der Waals surface area contributed by atoms with Crippen molar-refractivity contribution in [2.45, 2.75) is 47.1 Å². The molecule has 0 aliphatic rings. The van der Waals surface area contributed by atoms with Crippen molar-refractivity contribution >= 4 is 11.6 Å². The van der Waals surface area contributed by atoms with Gasteiger partial charge in [-0.15, -0.1) is 0 Å². The minimum Gasteiger partial charge on any atom is -0.488 e. The van der Waals surface area contributed by atoms with Crippen LogP contribution >= 0.6 is 0 Å². The number of anilines is 1. The number of benzene rings is 2. The smallest absolute Gasteiger partial charge is 0.255 e. The van der Waals surface area contributed by atoms with Gasteiger partial charge in [0.1, 0.15) is 18.1 Å². The molecule has 8 heteroatoms. The van der Waals surface area contributed by atoms with Crippen molar-refractivity contribution in [2.24, 2.45) is 5.11 Å². The highest BCUT2D eigenvalue weighted by atomic mass is 16.5. The van der Waals surface area contributed by atoms with Crippen LogP contribution in [0.4, 0.5) is 5.69 Å². The molecule has 0 radical (unpaired) electrons. The summed E-state index contributed by atoms with van der Waals surface area (Å²) in [4.78, 5) is 15.7. The van der Waals surface area contributed by atoms with Crippen molar-refractivity contribution in [1.82, 2.24) is 5.16 Å². The van der Waals surface area contributed by atoms with Crippen molar-refractivity contribution in [3.63, 3.8) is 0 Å². The number of azide groups is 1. The number of nitrogens with one attached hydrogen (secondary N) is 1. The van der Waals surface area contributed by atoms with E-state index in [2.05, 4.69) is 20.5 Å². The SMILES string of the molecule is Cc1cccc(NC(=O)c2ccc(OCc3c(C)noc3C)c(CCCN=[N+]=[N-])c2)c1C. The van der Waals surface area contributed by atoms with E-state index in [1.54, 1.807) is 12.1 Å². The molecule has 1 aromatic heterocycles. The second kappa shape index (κ2) is 10.5. The predicted octanol–water partition coefficient (Wildman–Crippen LogP) is 5.98. The van der Waals surface area contributed by atoms with Crippen LogP contribution in [0.1, 0.15) is 50.5 Å². The number of ether oxygens (including phenoxy) is 1. The highest BCUT2D eigenvalue weighted by Crippen LogP contribution is 2.26. The lowest BCUT2D eigenvalue weighted by molar-refractivity contribution is 0.102. The average Bonchev–Trinajstić information content (AvgIpc) is 3.10. The van der Waals surface area contributed by atoms with Gasteiger partial charge in [0.05, 0.1) is 11.3 Å². The Morgan fingerprint density at radius 2 is 2.03 bits per heavy atom. The Bertz CT molecular complexity index is 1140. The quantitative estimate of drug-likeness (QED) is 0.193. The Kier molecular flexibility index (Phi) is 7.52. The second-order valence-electron chi connectivity index (χ2n) is 7.67. The fourth-order valence-electron chi connectivity index (χ4n) is 3.38. The van der Waals surface area contributed by atoms with Crippen molar-refractivity contribution < 1.29 is 14.1 Å². The first-order valence-corrected chi connectivity index (χ1v) is 10.5. The molecule has 0 fully saturated rings. The molecule has 0 atom stereocenters. The van der Waals surface area contributed by atoms with E-state index in [-0.39, 0.29) is 5.91 Å². The van der Waals surface area contributed by atoms with Gasteiger partial charge < -0.3 is 14.6 Å². The fraction of sp³-hybridized carbons (Fsp3) is 0.333. The van der Waals surface area contributed by atoms with Crippen molar-refractivity contribution in [3.8, 4) is 5.75 Å². The van der Waals surface area contributed by atoms with Crippen LogP contribution in [0.2, 0.25) is 0 Å². The zero-order chi connectivity index (χ0) is 23.1. The van der Waals surface area contributed by atoms with Gasteiger partial charge in [-0.1, -0.05) is 22.4 Å². The Morgan fingerprint density at radius 1 is 1.22 bits per heavy atom. The number of hydrogen-bond acceptors (Lipinski definition) is 5. The van der Waals surface area contributed by atoms with Crippen LogP contribution in [-0.2, 0) is 13.0 Å². The van der Waals surface area contributed by atoms with Crippen LogP contribution in [0.25, 0.3) is 10.4 Å². The minimum absolute atomic E-state index is 0.188. The summed E-state index contributed by atoms with van der Waals surface area (Å²) in [6, 6.07) is 11.2. The summed E-state index contributed by atoms with van der Waals surface area (Å²) in [6.07, 6.45) is 1.26. The van der Waals surface area contributed by atoms with E-state index in [1.807, 2.05) is 52.0 Å². The van der Waals surface area contributed by atoms with Gasteiger partial charge in [-0.3, -0.25) is 4.79 Å². The third kappa shape index (κ3) is 5.47. The molecule has 1 heterocycles. The molecule has 0 unspecified atom stereocenters. The van der Waals surface area contributed by atoms with Gasteiger partial charge in [-0.05, 0) is 87.0 Å². The van der Waals surface area contributed by atoms with Crippen LogP contribution in [0.15, 0.2) is 46.0 Å². The Labute approximate surface area is 187 Å². The van der Waals surface area contributed by atoms with Gasteiger partial charge in [0.15, 0.2) is 0 Å². The molecule has 0 bridgehead atoms. The molecule has 0 aliphatic carbocycles. The molecule has 32 heavy (non-hydrogen) atoms. The lowest BCUT2D eigenvalue weighted by atomic mass is 10.0. The maximum atomic E-state index is 12.9. The summed E-state index contributed by atoms with van der Waals surface area (Å²) >= 11 is 0. The molecule has 2 aromatic carbocycles. The zero-order valence-electron chi connectivity index (χ0n) is 18.8. The van der Waals surface area contributed by atoms with E-state index in [0.29, 0.717) is 37.3 Å². The number of rotatable bonds is 9. The van der Waals surface area contributed by atoms with Gasteiger partial charge >= 0.3 is 0 Å². The van der Waals surface area contributed by atoms with E-state index in [4.69, 9.17) is 14.8 Å². The molecular weight excluding hydrogens is 406 g/mol. The van der Waals surface area contributed by atoms with Crippen LogP contribution in [0.3, 0.4) is 0 Å². The maximum absolute atomic E-state index is 12.9. The van der Waals surface area contributed by atoms with Gasteiger partial charge in [-0.2, -0.15) is 0 Å². The Balaban J connectivity index is 1.81. The molecule has 8 nitrogen and oxygen atoms in total. The maximum Gasteiger partial charge on any atom is 0.255 e. The molecule has 0 saturated heterocycles. The van der Waals surface area contributed by atoms with E-state index >= 15 is 0 Å². The molecule has 1 N–H and O–H groups in total. The van der Waals surface area contributed by atoms with Gasteiger partial charge in [0.2, 0.25) is 0 Å². The second-order valence-corrected chi connectivity index (χ2v) is 7.67. The van der Waals surface area contributed by atoms with E-state index in [9.17, 15) is 4.79 Å². The van der Waals surface area contributed by atoms with E-state index < -0.39 is 0 Å². The lowest BCUT2D eigenvalue weighted by Gasteiger charge is -2.14. The normalized spacial score (nSPS) is 10.5. The first kappa shape index (κ1) is 22.9. The highest BCUT2D eigenvalue weighted by Gasteiger charge is 2.15. The number of nitrogens with zero attached hydrogens (tertiary/aromatic N) is 4. The monoisotopic (exact) mass is 433 g/mol. The van der Waals surface area contributed by atoms with Crippen molar-refractivity contribution in [1.29, 1.82) is 0 Å². The highest BCUT2D eigenvalue weighted by molar-refractivity contribution is 6.05. The Morgan fingerprint density at radius 3 is 2.75 bits per heavy atom. The number of carbonyl (C=O) groups is 1. The van der Waals surface area contributed by atoms with Crippen LogP contribution < -0.4 is 10.1 Å². The van der Waals surface area contributed by atoms with Gasteiger partial charge in [-0.25, -0.2) is 0 Å². The third-order valence-electron chi connectivity index (χ3n) is 5.50. The third-order valence-corrected chi connectivity index (χ3v) is 5.50. The van der Waals surface area contributed by atoms with Crippen LogP contribution in [0.5, 0.6) is 5.75 Å². The van der Waals surface area contributed by atoms with E-state index in [1.165, 1.54) is 0 Å². The fourth-order valence-corrected chi connectivity index (χ4v) is 3.38. The summed E-state index contributed by atoms with van der Waals surface area (Å²) in [7, 11) is 0. The first-order valence-electron chi connectivity index (χ1n) is 10.5.